The van der Waals surface area contributed by atoms with Crippen molar-refractivity contribution in [3.63, 3.8) is 0 Å². The monoisotopic (exact) mass is 314 g/mol. The zero-order chi connectivity index (χ0) is 13.4. The lowest BCUT2D eigenvalue weighted by Gasteiger charge is -2.11. The highest BCUT2D eigenvalue weighted by atomic mass is 79.9. The van der Waals surface area contributed by atoms with Crippen LogP contribution in [-0.2, 0) is 11.2 Å². The van der Waals surface area contributed by atoms with Gasteiger partial charge >= 0.3 is 6.09 Å². The minimum atomic E-state index is -0.582. The smallest absolute Gasteiger partial charge is 0.411 e. The Hall–Kier alpha value is -1.63. The third-order valence-electron chi connectivity index (χ3n) is 2.76. The van der Waals surface area contributed by atoms with E-state index in [2.05, 4.69) is 21.2 Å². The van der Waals surface area contributed by atoms with E-state index < -0.39 is 17.1 Å². The summed E-state index contributed by atoms with van der Waals surface area (Å²) >= 11 is 3.19. The van der Waals surface area contributed by atoms with Crippen molar-refractivity contribution in [3.05, 3.63) is 31.8 Å². The molecule has 1 heterocycles. The molecule has 0 bridgehead atoms. The molecule has 0 spiro atoms. The molecule has 1 atom stereocenters. The molecule has 6 nitrogen and oxygen atoms in total. The first-order chi connectivity index (χ1) is 8.40. The molecule has 1 amide bonds. The molecule has 1 aliphatic rings. The fraction of sp³-hybridized carbons (Fsp3) is 0.364. The van der Waals surface area contributed by atoms with Crippen molar-refractivity contribution in [2.24, 2.45) is 0 Å². The van der Waals surface area contributed by atoms with Crippen LogP contribution in [0.3, 0.4) is 0 Å². The predicted molar refractivity (Wildman–Crippen MR) is 68.8 cm³/mol. The fourth-order valence-corrected chi connectivity index (χ4v) is 2.77. The van der Waals surface area contributed by atoms with Crippen LogP contribution in [0.5, 0.6) is 0 Å². The van der Waals surface area contributed by atoms with Crippen molar-refractivity contribution in [2.75, 3.05) is 5.32 Å². The number of benzene rings is 1. The number of amides is 1. The predicted octanol–water partition coefficient (Wildman–Crippen LogP) is 3.16. The molecule has 0 saturated carbocycles. The van der Waals surface area contributed by atoms with E-state index in [4.69, 9.17) is 4.74 Å². The van der Waals surface area contributed by atoms with Gasteiger partial charge in [0.05, 0.1) is 20.6 Å². The maximum absolute atomic E-state index is 11.5. The molecule has 7 heteroatoms. The normalized spacial score (nSPS) is 18.4. The number of hydrogen-bond donors (Lipinski definition) is 1. The van der Waals surface area contributed by atoms with Crippen LogP contribution in [0.4, 0.5) is 16.2 Å². The average molecular weight is 315 g/mol. The fourth-order valence-electron chi connectivity index (χ4n) is 2.04. The molecular formula is C11H11BrN2O4. The van der Waals surface area contributed by atoms with Gasteiger partial charge in [0, 0.05) is 6.42 Å². The second-order valence-corrected chi connectivity index (χ2v) is 5.03. The Balaban J connectivity index is 2.69. The third-order valence-corrected chi connectivity index (χ3v) is 3.37. The lowest BCUT2D eigenvalue weighted by Crippen LogP contribution is -2.17. The summed E-state index contributed by atoms with van der Waals surface area (Å²) < 4.78 is 5.44. The Labute approximate surface area is 112 Å². The van der Waals surface area contributed by atoms with Crippen LogP contribution in [-0.4, -0.2) is 17.1 Å². The van der Waals surface area contributed by atoms with E-state index in [1.54, 1.807) is 19.9 Å². The number of carbonyl (C=O) groups excluding carboxylic acids is 1. The summed E-state index contributed by atoms with van der Waals surface area (Å²) in [6, 6.07) is 1.62. The minimum absolute atomic E-state index is 0.0201. The number of nitrogens with one attached hydrogen (secondary N) is 1. The first-order valence-electron chi connectivity index (χ1n) is 5.34. The molecule has 0 fully saturated rings. The van der Waals surface area contributed by atoms with Gasteiger partial charge in [-0.15, -0.1) is 0 Å². The molecular weight excluding hydrogens is 304 g/mol. The van der Waals surface area contributed by atoms with Gasteiger partial charge in [0.1, 0.15) is 6.10 Å². The molecule has 1 unspecified atom stereocenters. The summed E-state index contributed by atoms with van der Waals surface area (Å²) in [6.07, 6.45) is -0.676. The first-order valence-corrected chi connectivity index (χ1v) is 6.13. The Morgan fingerprint density at radius 3 is 2.89 bits per heavy atom. The van der Waals surface area contributed by atoms with Crippen LogP contribution < -0.4 is 5.32 Å². The molecule has 0 radical (unpaired) electrons. The van der Waals surface area contributed by atoms with Crippen LogP contribution in [0.1, 0.15) is 18.1 Å². The number of nitrogens with zero attached hydrogens (tertiary/aromatic N) is 1. The number of cyclic esters (lactones) is 1. The zero-order valence-electron chi connectivity index (χ0n) is 9.82. The number of rotatable bonds is 1. The Morgan fingerprint density at radius 2 is 2.28 bits per heavy atom. The molecule has 2 rings (SSSR count). The standard InChI is InChI=1S/C11H11BrN2O4/c1-5-3-8(12)10(14(16)17)7-4-6(2)18-11(15)13-9(5)7/h3,6H,4H2,1-2H3,(H,13,15). The highest BCUT2D eigenvalue weighted by Crippen LogP contribution is 2.38. The van der Waals surface area contributed by atoms with E-state index >= 15 is 0 Å². The van der Waals surface area contributed by atoms with Gasteiger partial charge in [0.2, 0.25) is 0 Å². The van der Waals surface area contributed by atoms with Crippen molar-refractivity contribution >= 4 is 33.4 Å². The van der Waals surface area contributed by atoms with E-state index in [0.717, 1.165) is 5.56 Å². The molecule has 96 valence electrons. The van der Waals surface area contributed by atoms with Crippen molar-refractivity contribution < 1.29 is 14.5 Å². The molecule has 18 heavy (non-hydrogen) atoms. The topological polar surface area (TPSA) is 81.5 Å². The molecule has 1 aliphatic heterocycles. The van der Waals surface area contributed by atoms with Crippen LogP contribution in [0.2, 0.25) is 0 Å². The average Bonchev–Trinajstić information content (AvgIpc) is 2.35. The lowest BCUT2D eigenvalue weighted by atomic mass is 10.0. The molecule has 0 aliphatic carbocycles. The second kappa shape index (κ2) is 4.56. The van der Waals surface area contributed by atoms with E-state index in [0.29, 0.717) is 22.1 Å². The van der Waals surface area contributed by atoms with Gasteiger partial charge in [-0.3, -0.25) is 15.4 Å². The van der Waals surface area contributed by atoms with Gasteiger partial charge in [-0.25, -0.2) is 4.79 Å². The third kappa shape index (κ3) is 2.17. The van der Waals surface area contributed by atoms with E-state index in [1.807, 2.05) is 0 Å². The van der Waals surface area contributed by atoms with Gasteiger partial charge < -0.3 is 4.74 Å². The minimum Gasteiger partial charge on any atom is -0.446 e. The molecule has 1 N–H and O–H groups in total. The molecule has 1 aromatic carbocycles. The number of carbonyl (C=O) groups is 1. The molecule has 0 aromatic heterocycles. The maximum Gasteiger partial charge on any atom is 0.411 e. The van der Waals surface area contributed by atoms with E-state index in [9.17, 15) is 14.9 Å². The number of nitro benzene ring substituents is 1. The number of hydrogen-bond acceptors (Lipinski definition) is 4. The molecule has 0 saturated heterocycles. The van der Waals surface area contributed by atoms with Gasteiger partial charge in [-0.05, 0) is 41.4 Å². The summed E-state index contributed by atoms with van der Waals surface area (Å²) in [5, 5.41) is 13.7. The van der Waals surface area contributed by atoms with Gasteiger partial charge in [0.25, 0.3) is 5.69 Å². The Bertz CT molecular complexity index is 544. The summed E-state index contributed by atoms with van der Waals surface area (Å²) in [4.78, 5) is 22.1. The second-order valence-electron chi connectivity index (χ2n) is 4.18. The van der Waals surface area contributed by atoms with E-state index in [-0.39, 0.29) is 5.69 Å². The summed E-state index contributed by atoms with van der Waals surface area (Å²) in [7, 11) is 0. The summed E-state index contributed by atoms with van der Waals surface area (Å²) in [5.41, 5.74) is 1.70. The number of halogens is 1. The van der Waals surface area contributed by atoms with Crippen LogP contribution in [0.15, 0.2) is 10.5 Å². The van der Waals surface area contributed by atoms with Gasteiger partial charge in [0.15, 0.2) is 0 Å². The zero-order valence-corrected chi connectivity index (χ0v) is 11.4. The largest absolute Gasteiger partial charge is 0.446 e. The first kappa shape index (κ1) is 12.8. The maximum atomic E-state index is 11.5. The quantitative estimate of drug-likeness (QED) is 0.637. The number of ether oxygens (including phenoxy) is 1. The van der Waals surface area contributed by atoms with Crippen molar-refractivity contribution in [1.82, 2.24) is 0 Å². The van der Waals surface area contributed by atoms with Crippen LogP contribution in [0, 0.1) is 17.0 Å². The highest BCUT2D eigenvalue weighted by molar-refractivity contribution is 9.10. The van der Waals surface area contributed by atoms with Gasteiger partial charge in [-0.1, -0.05) is 0 Å². The number of nitro groups is 1. The van der Waals surface area contributed by atoms with Gasteiger partial charge in [-0.2, -0.15) is 0 Å². The van der Waals surface area contributed by atoms with Crippen LogP contribution >= 0.6 is 15.9 Å². The Morgan fingerprint density at radius 1 is 1.61 bits per heavy atom. The van der Waals surface area contributed by atoms with Crippen molar-refractivity contribution in [1.29, 1.82) is 0 Å². The molecule has 1 aromatic rings. The highest BCUT2D eigenvalue weighted by Gasteiger charge is 2.29. The van der Waals surface area contributed by atoms with Crippen molar-refractivity contribution in [3.8, 4) is 0 Å². The number of aryl methyl sites for hydroxylation is 1. The van der Waals surface area contributed by atoms with Crippen LogP contribution in [0.25, 0.3) is 0 Å². The van der Waals surface area contributed by atoms with Crippen molar-refractivity contribution in [2.45, 2.75) is 26.4 Å². The Kier molecular flexibility index (Phi) is 3.25. The summed E-state index contributed by atoms with van der Waals surface area (Å²) in [5.74, 6) is 0. The van der Waals surface area contributed by atoms with E-state index in [1.165, 1.54) is 0 Å². The number of anilines is 1. The number of fused-ring (bicyclic) bond motifs is 1. The lowest BCUT2D eigenvalue weighted by molar-refractivity contribution is -0.386. The SMILES string of the molecule is Cc1cc(Br)c([N+](=O)[O-])c2c1NC(=O)OC(C)C2. The summed E-state index contributed by atoms with van der Waals surface area (Å²) in [6.45, 7) is 3.48.